The van der Waals surface area contributed by atoms with Crippen molar-refractivity contribution in [1.82, 2.24) is 15.1 Å². The number of hydrogen-bond donors (Lipinski definition) is 1. The molecular weight excluding hydrogens is 258 g/mol. The third kappa shape index (κ3) is 3.35. The molecule has 0 radical (unpaired) electrons. The molecule has 1 aromatic heterocycles. The summed E-state index contributed by atoms with van der Waals surface area (Å²) in [4.78, 5) is 0. The molecule has 0 aliphatic rings. The molecule has 3 heteroatoms. The van der Waals surface area contributed by atoms with Crippen molar-refractivity contribution < 1.29 is 0 Å². The van der Waals surface area contributed by atoms with Crippen LogP contribution >= 0.6 is 0 Å². The van der Waals surface area contributed by atoms with Gasteiger partial charge >= 0.3 is 0 Å². The number of nitrogens with zero attached hydrogens (tertiary/aromatic N) is 2. The van der Waals surface area contributed by atoms with Crippen LogP contribution in [0.1, 0.15) is 54.3 Å². The minimum atomic E-state index is 0.216. The van der Waals surface area contributed by atoms with Gasteiger partial charge < -0.3 is 5.32 Å². The van der Waals surface area contributed by atoms with Crippen molar-refractivity contribution in [2.75, 3.05) is 6.54 Å². The molecule has 0 saturated heterocycles. The Morgan fingerprint density at radius 1 is 1.14 bits per heavy atom. The molecule has 3 nitrogen and oxygen atoms in total. The monoisotopic (exact) mass is 285 g/mol. The first-order chi connectivity index (χ1) is 10.1. The standard InChI is InChI=1S/C18H27N3/c1-6-9-19-18(16-8-10-20-21(16)7-2)17-14(4)11-13(3)12-15(17)5/h8,10-12,18-19H,6-7,9H2,1-5H3. The number of hydrogen-bond acceptors (Lipinski definition) is 2. The van der Waals surface area contributed by atoms with Crippen molar-refractivity contribution >= 4 is 0 Å². The van der Waals surface area contributed by atoms with Gasteiger partial charge in [0, 0.05) is 12.7 Å². The summed E-state index contributed by atoms with van der Waals surface area (Å²) in [6.45, 7) is 12.8. The fourth-order valence-electron chi connectivity index (χ4n) is 3.14. The number of aromatic nitrogens is 2. The van der Waals surface area contributed by atoms with E-state index >= 15 is 0 Å². The number of nitrogens with one attached hydrogen (secondary N) is 1. The molecule has 0 fully saturated rings. The van der Waals surface area contributed by atoms with Gasteiger partial charge in [-0.2, -0.15) is 5.10 Å². The van der Waals surface area contributed by atoms with Crippen LogP contribution in [0.3, 0.4) is 0 Å². The van der Waals surface area contributed by atoms with E-state index in [9.17, 15) is 0 Å². The normalized spacial score (nSPS) is 12.6. The van der Waals surface area contributed by atoms with Gasteiger partial charge in [0.1, 0.15) is 0 Å². The van der Waals surface area contributed by atoms with Crippen molar-refractivity contribution in [1.29, 1.82) is 0 Å². The van der Waals surface area contributed by atoms with Gasteiger partial charge in [0.05, 0.1) is 11.7 Å². The molecule has 1 unspecified atom stereocenters. The van der Waals surface area contributed by atoms with E-state index in [0.29, 0.717) is 0 Å². The Morgan fingerprint density at radius 3 is 2.38 bits per heavy atom. The molecule has 0 aliphatic heterocycles. The van der Waals surface area contributed by atoms with Crippen molar-refractivity contribution in [2.45, 2.75) is 53.6 Å². The first-order valence-electron chi connectivity index (χ1n) is 7.91. The Balaban J connectivity index is 2.51. The highest BCUT2D eigenvalue weighted by atomic mass is 15.3. The van der Waals surface area contributed by atoms with Crippen LogP contribution in [-0.4, -0.2) is 16.3 Å². The zero-order valence-corrected chi connectivity index (χ0v) is 13.9. The lowest BCUT2D eigenvalue weighted by molar-refractivity contribution is 0.527. The SMILES string of the molecule is CCCNC(c1c(C)cc(C)cc1C)c1ccnn1CC. The maximum absolute atomic E-state index is 4.44. The summed E-state index contributed by atoms with van der Waals surface area (Å²) in [6, 6.07) is 6.90. The molecule has 1 N–H and O–H groups in total. The summed E-state index contributed by atoms with van der Waals surface area (Å²) in [5.41, 5.74) is 6.67. The van der Waals surface area contributed by atoms with Crippen LogP contribution in [0, 0.1) is 20.8 Å². The smallest absolute Gasteiger partial charge is 0.0753 e. The molecule has 2 aromatic rings. The van der Waals surface area contributed by atoms with Crippen LogP contribution in [0.25, 0.3) is 0 Å². The van der Waals surface area contributed by atoms with Gasteiger partial charge in [0.2, 0.25) is 0 Å². The summed E-state index contributed by atoms with van der Waals surface area (Å²) < 4.78 is 2.09. The van der Waals surface area contributed by atoms with E-state index < -0.39 is 0 Å². The van der Waals surface area contributed by atoms with Gasteiger partial charge in [0.25, 0.3) is 0 Å². The van der Waals surface area contributed by atoms with E-state index in [2.05, 4.69) is 67.9 Å². The number of aryl methyl sites for hydroxylation is 4. The van der Waals surface area contributed by atoms with Gasteiger partial charge in [-0.05, 0) is 63.4 Å². The summed E-state index contributed by atoms with van der Waals surface area (Å²) in [7, 11) is 0. The average Bonchev–Trinajstić information content (AvgIpc) is 2.89. The molecule has 0 saturated carbocycles. The Hall–Kier alpha value is -1.61. The number of rotatable bonds is 6. The van der Waals surface area contributed by atoms with Crippen LogP contribution < -0.4 is 5.32 Å². The third-order valence-electron chi connectivity index (χ3n) is 3.97. The second-order valence-electron chi connectivity index (χ2n) is 5.77. The molecule has 0 bridgehead atoms. The van der Waals surface area contributed by atoms with E-state index in [-0.39, 0.29) is 6.04 Å². The highest BCUT2D eigenvalue weighted by Crippen LogP contribution is 2.29. The lowest BCUT2D eigenvalue weighted by Crippen LogP contribution is -2.27. The van der Waals surface area contributed by atoms with E-state index in [1.807, 2.05) is 6.20 Å². The molecule has 0 aliphatic carbocycles. The molecule has 1 atom stereocenters. The minimum Gasteiger partial charge on any atom is -0.305 e. The zero-order valence-electron chi connectivity index (χ0n) is 13.9. The van der Waals surface area contributed by atoms with Crippen molar-refractivity contribution in [3.63, 3.8) is 0 Å². The molecule has 1 aromatic carbocycles. The maximum atomic E-state index is 4.44. The first-order valence-corrected chi connectivity index (χ1v) is 7.91. The fourth-order valence-corrected chi connectivity index (χ4v) is 3.14. The molecule has 0 amide bonds. The second kappa shape index (κ2) is 6.90. The zero-order chi connectivity index (χ0) is 15.4. The van der Waals surface area contributed by atoms with E-state index in [4.69, 9.17) is 0 Å². The van der Waals surface area contributed by atoms with Crippen molar-refractivity contribution in [3.8, 4) is 0 Å². The molecule has 114 valence electrons. The Bertz CT molecular complexity index is 575. The topological polar surface area (TPSA) is 29.9 Å². The third-order valence-corrected chi connectivity index (χ3v) is 3.97. The second-order valence-corrected chi connectivity index (χ2v) is 5.77. The molecular formula is C18H27N3. The summed E-state index contributed by atoms with van der Waals surface area (Å²) in [6.07, 6.45) is 3.03. The van der Waals surface area contributed by atoms with E-state index in [1.54, 1.807) is 0 Å². The van der Waals surface area contributed by atoms with Crippen LogP contribution in [0.2, 0.25) is 0 Å². The van der Waals surface area contributed by atoms with Crippen LogP contribution in [0.5, 0.6) is 0 Å². The maximum Gasteiger partial charge on any atom is 0.0753 e. The number of benzene rings is 1. The van der Waals surface area contributed by atoms with Gasteiger partial charge in [-0.25, -0.2) is 0 Å². The highest BCUT2D eigenvalue weighted by molar-refractivity contribution is 5.43. The summed E-state index contributed by atoms with van der Waals surface area (Å²) >= 11 is 0. The van der Waals surface area contributed by atoms with Gasteiger partial charge in [-0.3, -0.25) is 4.68 Å². The van der Waals surface area contributed by atoms with Crippen LogP contribution in [-0.2, 0) is 6.54 Å². The van der Waals surface area contributed by atoms with Crippen molar-refractivity contribution in [3.05, 3.63) is 52.3 Å². The fraction of sp³-hybridized carbons (Fsp3) is 0.500. The minimum absolute atomic E-state index is 0.216. The largest absolute Gasteiger partial charge is 0.305 e. The predicted octanol–water partition coefficient (Wildman–Crippen LogP) is 3.92. The first kappa shape index (κ1) is 15.8. The van der Waals surface area contributed by atoms with Gasteiger partial charge in [-0.1, -0.05) is 24.6 Å². The van der Waals surface area contributed by atoms with Crippen molar-refractivity contribution in [2.24, 2.45) is 0 Å². The van der Waals surface area contributed by atoms with E-state index in [1.165, 1.54) is 27.9 Å². The Kier molecular flexibility index (Phi) is 5.18. The van der Waals surface area contributed by atoms with Crippen LogP contribution in [0.15, 0.2) is 24.4 Å². The quantitative estimate of drug-likeness (QED) is 0.872. The summed E-state index contributed by atoms with van der Waals surface area (Å²) in [5, 5.41) is 8.15. The Labute approximate surface area is 128 Å². The lowest BCUT2D eigenvalue weighted by Gasteiger charge is -2.24. The Morgan fingerprint density at radius 2 is 1.81 bits per heavy atom. The molecule has 1 heterocycles. The highest BCUT2D eigenvalue weighted by Gasteiger charge is 2.21. The molecule has 21 heavy (non-hydrogen) atoms. The van der Waals surface area contributed by atoms with Gasteiger partial charge in [0.15, 0.2) is 0 Å². The molecule has 2 rings (SSSR count). The van der Waals surface area contributed by atoms with Crippen LogP contribution in [0.4, 0.5) is 0 Å². The molecule has 0 spiro atoms. The predicted molar refractivity (Wildman–Crippen MR) is 88.7 cm³/mol. The van der Waals surface area contributed by atoms with Gasteiger partial charge in [-0.15, -0.1) is 0 Å². The summed E-state index contributed by atoms with van der Waals surface area (Å²) in [5.74, 6) is 0. The van der Waals surface area contributed by atoms with E-state index in [0.717, 1.165) is 19.5 Å². The average molecular weight is 285 g/mol. The lowest BCUT2D eigenvalue weighted by atomic mass is 9.92.